The van der Waals surface area contributed by atoms with E-state index in [2.05, 4.69) is 44.5 Å². The molecule has 7 nitrogen and oxygen atoms in total. The van der Waals surface area contributed by atoms with E-state index in [0.717, 1.165) is 77.5 Å². The van der Waals surface area contributed by atoms with E-state index in [1.807, 2.05) is 0 Å². The fourth-order valence-electron chi connectivity index (χ4n) is 7.00. The van der Waals surface area contributed by atoms with Gasteiger partial charge >= 0.3 is 11.9 Å². The minimum atomic E-state index is -0.0392. The van der Waals surface area contributed by atoms with Gasteiger partial charge in [0.15, 0.2) is 0 Å². The summed E-state index contributed by atoms with van der Waals surface area (Å²) in [6.45, 7) is 15.0. The molecule has 2 unspecified atom stereocenters. The van der Waals surface area contributed by atoms with Gasteiger partial charge in [0.05, 0.1) is 19.8 Å². The number of unbranched alkanes of at least 4 members (excludes halogenated alkanes) is 18. The van der Waals surface area contributed by atoms with E-state index in [9.17, 15) is 14.7 Å². The van der Waals surface area contributed by atoms with E-state index in [0.29, 0.717) is 44.4 Å². The average Bonchev–Trinajstić information content (AvgIpc) is 3.13. The normalized spacial score (nSPS) is 12.8. The van der Waals surface area contributed by atoms with Crippen molar-refractivity contribution in [2.45, 2.75) is 207 Å². The topological polar surface area (TPSA) is 79.3 Å². The first-order valence-corrected chi connectivity index (χ1v) is 22.7. The Hall–Kier alpha value is -1.18. The van der Waals surface area contributed by atoms with E-state index in [1.165, 1.54) is 116 Å². The van der Waals surface area contributed by atoms with Crippen molar-refractivity contribution in [2.75, 3.05) is 59.6 Å². The van der Waals surface area contributed by atoms with Crippen LogP contribution in [0.1, 0.15) is 207 Å². The Kier molecular flexibility index (Phi) is 38.6. The first-order chi connectivity index (χ1) is 25.4. The molecule has 0 saturated heterocycles. The van der Waals surface area contributed by atoms with Crippen molar-refractivity contribution in [3.63, 3.8) is 0 Å². The number of aliphatic hydroxyl groups is 1. The molecule has 0 radical (unpaired) electrons. The number of hydrogen-bond acceptors (Lipinski definition) is 7. The fourth-order valence-corrected chi connectivity index (χ4v) is 7.00. The Morgan fingerprint density at radius 1 is 0.500 bits per heavy atom. The molecule has 0 aromatic rings. The van der Waals surface area contributed by atoms with Crippen molar-refractivity contribution in [1.82, 2.24) is 9.80 Å². The van der Waals surface area contributed by atoms with Gasteiger partial charge in [-0.25, -0.2) is 0 Å². The van der Waals surface area contributed by atoms with Gasteiger partial charge in [-0.05, 0) is 76.9 Å². The fraction of sp³-hybridized carbons (Fsp3) is 0.956. The third-order valence-electron chi connectivity index (χ3n) is 10.7. The van der Waals surface area contributed by atoms with Crippen molar-refractivity contribution in [3.05, 3.63) is 0 Å². The van der Waals surface area contributed by atoms with Gasteiger partial charge < -0.3 is 24.4 Å². The molecule has 1 N–H and O–H groups in total. The third kappa shape index (κ3) is 35.8. The molecular formula is C45H90N2O5. The molecule has 52 heavy (non-hydrogen) atoms. The molecule has 0 aliphatic heterocycles. The lowest BCUT2D eigenvalue weighted by Gasteiger charge is -2.25. The molecule has 0 spiro atoms. The van der Waals surface area contributed by atoms with Crippen LogP contribution in [0.5, 0.6) is 0 Å². The van der Waals surface area contributed by atoms with Crippen LogP contribution in [0, 0.1) is 11.8 Å². The van der Waals surface area contributed by atoms with Crippen molar-refractivity contribution >= 4 is 11.9 Å². The van der Waals surface area contributed by atoms with Crippen LogP contribution in [0.15, 0.2) is 0 Å². The highest BCUT2D eigenvalue weighted by Gasteiger charge is 2.13. The van der Waals surface area contributed by atoms with E-state index in [4.69, 9.17) is 9.47 Å². The monoisotopic (exact) mass is 739 g/mol. The van der Waals surface area contributed by atoms with Gasteiger partial charge in [0, 0.05) is 32.5 Å². The van der Waals surface area contributed by atoms with Crippen LogP contribution < -0.4 is 0 Å². The molecule has 0 heterocycles. The van der Waals surface area contributed by atoms with Crippen LogP contribution in [0.3, 0.4) is 0 Å². The second kappa shape index (κ2) is 39.5. The van der Waals surface area contributed by atoms with Gasteiger partial charge in [0.2, 0.25) is 0 Å². The minimum absolute atomic E-state index is 0.0180. The molecule has 2 atom stereocenters. The second-order valence-corrected chi connectivity index (χ2v) is 16.1. The van der Waals surface area contributed by atoms with E-state index < -0.39 is 0 Å². The summed E-state index contributed by atoms with van der Waals surface area (Å²) in [5, 5.41) is 9.31. The minimum Gasteiger partial charge on any atom is -0.465 e. The molecule has 7 heteroatoms. The van der Waals surface area contributed by atoms with Gasteiger partial charge in [-0.3, -0.25) is 9.59 Å². The Labute approximate surface area is 324 Å². The number of nitrogens with zero attached hydrogens (tertiary/aromatic N) is 2. The summed E-state index contributed by atoms with van der Waals surface area (Å²) >= 11 is 0. The number of hydrogen-bond donors (Lipinski definition) is 1. The Balaban J connectivity index is 4.31. The van der Waals surface area contributed by atoms with Gasteiger partial charge in [0.25, 0.3) is 0 Å². The highest BCUT2D eigenvalue weighted by molar-refractivity contribution is 5.69. The molecule has 310 valence electrons. The van der Waals surface area contributed by atoms with Crippen LogP contribution in [-0.4, -0.2) is 86.4 Å². The lowest BCUT2D eigenvalue weighted by atomic mass is 9.95. The van der Waals surface area contributed by atoms with E-state index >= 15 is 0 Å². The third-order valence-corrected chi connectivity index (χ3v) is 10.7. The van der Waals surface area contributed by atoms with Crippen LogP contribution in [0.25, 0.3) is 0 Å². The summed E-state index contributed by atoms with van der Waals surface area (Å²) in [6.07, 6.45) is 32.7. The lowest BCUT2D eigenvalue weighted by Crippen LogP contribution is -2.35. The predicted molar refractivity (Wildman–Crippen MR) is 222 cm³/mol. The summed E-state index contributed by atoms with van der Waals surface area (Å²) in [6, 6.07) is 0. The van der Waals surface area contributed by atoms with Crippen molar-refractivity contribution in [2.24, 2.45) is 11.8 Å². The zero-order chi connectivity index (χ0) is 38.3. The number of esters is 2. The molecule has 0 aliphatic carbocycles. The maximum absolute atomic E-state index is 12.6. The maximum atomic E-state index is 12.6. The smallest absolute Gasteiger partial charge is 0.305 e. The van der Waals surface area contributed by atoms with Crippen LogP contribution in [-0.2, 0) is 19.1 Å². The SMILES string of the molecule is CCCCCCCCC(C)COC(=O)CCCCCCN(CCCCCC(=O)OCC(CCCCCC)CCCCCCCC)CCN(C)CCO. The Morgan fingerprint density at radius 2 is 0.923 bits per heavy atom. The highest BCUT2D eigenvalue weighted by Crippen LogP contribution is 2.20. The predicted octanol–water partition coefficient (Wildman–Crippen LogP) is 11.5. The number of ether oxygens (including phenoxy) is 2. The molecule has 0 fully saturated rings. The quantitative estimate of drug-likeness (QED) is 0.0494. The molecule has 0 saturated carbocycles. The van der Waals surface area contributed by atoms with Crippen LogP contribution in [0.4, 0.5) is 0 Å². The van der Waals surface area contributed by atoms with Crippen LogP contribution >= 0.6 is 0 Å². The molecule has 0 aromatic heterocycles. The second-order valence-electron chi connectivity index (χ2n) is 16.1. The number of carbonyl (C=O) groups is 2. The van der Waals surface area contributed by atoms with Crippen LogP contribution in [0.2, 0.25) is 0 Å². The summed E-state index contributed by atoms with van der Waals surface area (Å²) in [5.41, 5.74) is 0. The van der Waals surface area contributed by atoms with Gasteiger partial charge in [0.1, 0.15) is 0 Å². The van der Waals surface area contributed by atoms with Crippen molar-refractivity contribution < 1.29 is 24.2 Å². The first kappa shape index (κ1) is 50.8. The molecular weight excluding hydrogens is 649 g/mol. The van der Waals surface area contributed by atoms with Gasteiger partial charge in [-0.2, -0.15) is 0 Å². The number of rotatable bonds is 41. The summed E-state index contributed by atoms with van der Waals surface area (Å²) < 4.78 is 11.4. The van der Waals surface area contributed by atoms with Gasteiger partial charge in [-0.1, -0.05) is 150 Å². The van der Waals surface area contributed by atoms with E-state index in [-0.39, 0.29) is 18.5 Å². The largest absolute Gasteiger partial charge is 0.465 e. The molecule has 0 aromatic carbocycles. The number of aliphatic hydroxyl groups excluding tert-OH is 1. The molecule has 0 aliphatic rings. The van der Waals surface area contributed by atoms with Crippen molar-refractivity contribution in [1.29, 1.82) is 0 Å². The first-order valence-electron chi connectivity index (χ1n) is 22.7. The standard InChI is InChI=1S/C45H90N2O5/c1-6-9-12-15-17-22-29-42(4)40-51-44(49)32-25-19-20-27-34-47(37-36-46(5)38-39-48)35-28-21-26-33-45(50)52-41-43(30-23-14-11-8-3)31-24-18-16-13-10-7-2/h42-43,48H,6-41H2,1-5H3. The van der Waals surface area contributed by atoms with E-state index in [1.54, 1.807) is 0 Å². The number of carbonyl (C=O) groups excluding carboxylic acids is 2. The molecule has 0 rings (SSSR count). The zero-order valence-electron chi connectivity index (χ0n) is 35.6. The number of likely N-dealkylation sites (N-methyl/N-ethyl adjacent to an activating group) is 1. The van der Waals surface area contributed by atoms with Crippen molar-refractivity contribution in [3.8, 4) is 0 Å². The molecule has 0 amide bonds. The average molecular weight is 739 g/mol. The Morgan fingerprint density at radius 3 is 1.46 bits per heavy atom. The van der Waals surface area contributed by atoms with Gasteiger partial charge in [-0.15, -0.1) is 0 Å². The summed E-state index contributed by atoms with van der Waals surface area (Å²) in [4.78, 5) is 29.6. The maximum Gasteiger partial charge on any atom is 0.305 e. The summed E-state index contributed by atoms with van der Waals surface area (Å²) in [7, 11) is 2.07. The zero-order valence-corrected chi connectivity index (χ0v) is 35.6. The lowest BCUT2D eigenvalue weighted by molar-refractivity contribution is -0.146. The summed E-state index contributed by atoms with van der Waals surface area (Å²) in [5.74, 6) is 0.915. The Bertz CT molecular complexity index is 766. The molecule has 0 bridgehead atoms. The highest BCUT2D eigenvalue weighted by atomic mass is 16.5.